The third kappa shape index (κ3) is 2.24. The number of hydrogen-bond acceptors (Lipinski definition) is 1. The first-order valence-corrected chi connectivity index (χ1v) is 4.59. The molecule has 0 saturated heterocycles. The molecular weight excluding hydrogens is 182 g/mol. The molecule has 0 radical (unpaired) electrons. The summed E-state index contributed by atoms with van der Waals surface area (Å²) in [5.41, 5.74) is 1.06. The van der Waals surface area contributed by atoms with Gasteiger partial charge in [-0.05, 0) is 23.6 Å². The van der Waals surface area contributed by atoms with Crippen molar-refractivity contribution in [1.82, 2.24) is 4.98 Å². The van der Waals surface area contributed by atoms with Crippen LogP contribution in [-0.2, 0) is 0 Å². The molecule has 0 aliphatic heterocycles. The second kappa shape index (κ2) is 4.26. The van der Waals surface area contributed by atoms with Crippen LogP contribution in [0, 0.1) is 0 Å². The summed E-state index contributed by atoms with van der Waals surface area (Å²) < 4.78 is 53.3. The minimum Gasteiger partial charge on any atom is -0.256 e. The van der Waals surface area contributed by atoms with Gasteiger partial charge in [-0.1, -0.05) is 44.0 Å². The molecule has 15 heavy (non-hydrogen) atoms. The predicted octanol–water partition coefficient (Wildman–Crippen LogP) is 3.87. The Balaban J connectivity index is 2.61. The number of hydrogen-bond donors (Lipinski definition) is 0. The molecule has 0 fully saturated rings. The molecule has 0 aliphatic rings. The molecule has 0 atom stereocenters. The number of aromatic nitrogens is 1. The quantitative estimate of drug-likeness (QED) is 0.723. The summed E-state index contributed by atoms with van der Waals surface area (Å²) in [4.78, 5) is 4.14. The van der Waals surface area contributed by atoms with Crippen LogP contribution >= 0.6 is 0 Å². The fourth-order valence-corrected chi connectivity index (χ4v) is 1.35. The predicted molar refractivity (Wildman–Crippen MR) is 63.8 cm³/mol. The lowest BCUT2D eigenvalue weighted by atomic mass is 10.0. The van der Waals surface area contributed by atoms with Gasteiger partial charge in [0.15, 0.2) is 0 Å². The highest BCUT2D eigenvalue weighted by molar-refractivity contribution is 5.59. The van der Waals surface area contributed by atoms with E-state index in [2.05, 4.69) is 4.98 Å². The SMILES string of the molecule is [2H]C([2H])([2H])C([2H])(c1ccnc(-c2ccccc2)c1)C([2H])([2H])[2H]. The van der Waals surface area contributed by atoms with Gasteiger partial charge in [-0.25, -0.2) is 0 Å². The molecule has 76 valence electrons. The van der Waals surface area contributed by atoms with Gasteiger partial charge >= 0.3 is 0 Å². The summed E-state index contributed by atoms with van der Waals surface area (Å²) in [5.74, 6) is -2.70. The first-order valence-electron chi connectivity index (χ1n) is 8.09. The maximum absolute atomic E-state index is 8.17. The minimum atomic E-state index is -2.99. The Morgan fingerprint density at radius 2 is 2.00 bits per heavy atom. The molecule has 1 heteroatoms. The van der Waals surface area contributed by atoms with Gasteiger partial charge in [0.25, 0.3) is 0 Å². The second-order valence-corrected chi connectivity index (χ2v) is 3.17. The Morgan fingerprint density at radius 1 is 1.20 bits per heavy atom. The van der Waals surface area contributed by atoms with Gasteiger partial charge in [-0.15, -0.1) is 0 Å². The van der Waals surface area contributed by atoms with Crippen LogP contribution in [0.4, 0.5) is 0 Å². The van der Waals surface area contributed by atoms with Gasteiger partial charge in [0, 0.05) is 21.4 Å². The van der Waals surface area contributed by atoms with Crippen LogP contribution in [0.15, 0.2) is 48.7 Å². The van der Waals surface area contributed by atoms with Crippen molar-refractivity contribution in [2.24, 2.45) is 0 Å². The van der Waals surface area contributed by atoms with Crippen LogP contribution in [0.3, 0.4) is 0 Å². The number of pyridine rings is 1. The molecule has 0 aliphatic carbocycles. The van der Waals surface area contributed by atoms with Gasteiger partial charge in [0.2, 0.25) is 0 Å². The molecular formula is C14H15N. The normalized spacial score (nSPS) is 19.9. The van der Waals surface area contributed by atoms with E-state index in [4.69, 9.17) is 9.60 Å². The minimum absolute atomic E-state index is 0.0960. The third-order valence-electron chi connectivity index (χ3n) is 2.12. The van der Waals surface area contributed by atoms with E-state index < -0.39 is 19.6 Å². The number of benzene rings is 1. The lowest BCUT2D eigenvalue weighted by Crippen LogP contribution is -1.90. The van der Waals surface area contributed by atoms with Gasteiger partial charge < -0.3 is 0 Å². The van der Waals surface area contributed by atoms with E-state index in [1.807, 2.05) is 6.07 Å². The molecule has 1 heterocycles. The molecule has 1 aromatic heterocycles. The summed E-state index contributed by atoms with van der Waals surface area (Å²) in [6.45, 7) is -5.98. The average Bonchev–Trinajstić information content (AvgIpc) is 2.45. The fourth-order valence-electron chi connectivity index (χ4n) is 1.35. The zero-order valence-corrected chi connectivity index (χ0v) is 8.07. The van der Waals surface area contributed by atoms with Gasteiger partial charge in [-0.2, -0.15) is 0 Å². The maximum Gasteiger partial charge on any atom is 0.0704 e. The molecule has 0 spiro atoms. The summed E-state index contributed by atoms with van der Waals surface area (Å²) >= 11 is 0. The van der Waals surface area contributed by atoms with Crippen LogP contribution in [-0.4, -0.2) is 4.98 Å². The highest BCUT2D eigenvalue weighted by atomic mass is 14.7. The smallest absolute Gasteiger partial charge is 0.0704 e. The van der Waals surface area contributed by atoms with Crippen molar-refractivity contribution < 1.29 is 9.60 Å². The van der Waals surface area contributed by atoms with E-state index in [0.717, 1.165) is 5.56 Å². The molecule has 2 aromatic rings. The Kier molecular flexibility index (Phi) is 1.27. The topological polar surface area (TPSA) is 12.9 Å². The van der Waals surface area contributed by atoms with E-state index >= 15 is 0 Å². The van der Waals surface area contributed by atoms with E-state index in [-0.39, 0.29) is 5.56 Å². The van der Waals surface area contributed by atoms with Crippen LogP contribution in [0.25, 0.3) is 11.3 Å². The average molecular weight is 204 g/mol. The van der Waals surface area contributed by atoms with Crippen molar-refractivity contribution in [2.75, 3.05) is 0 Å². The molecule has 1 aromatic carbocycles. The van der Waals surface area contributed by atoms with Crippen molar-refractivity contribution in [1.29, 1.82) is 0 Å². The summed E-state index contributed by atoms with van der Waals surface area (Å²) in [6.07, 6.45) is 1.33. The fraction of sp³-hybridized carbons (Fsp3) is 0.214. The van der Waals surface area contributed by atoms with Crippen molar-refractivity contribution in [3.8, 4) is 11.3 Å². The summed E-state index contributed by atoms with van der Waals surface area (Å²) in [7, 11) is 0. The molecule has 0 bridgehead atoms. The molecule has 1 nitrogen and oxygen atoms in total. The lowest BCUT2D eigenvalue weighted by molar-refractivity contribution is 0.864. The van der Waals surface area contributed by atoms with Gasteiger partial charge in [-0.3, -0.25) is 4.98 Å². The van der Waals surface area contributed by atoms with Crippen LogP contribution < -0.4 is 0 Å². The van der Waals surface area contributed by atoms with Gasteiger partial charge in [0.05, 0.1) is 5.69 Å². The van der Waals surface area contributed by atoms with E-state index in [1.165, 1.54) is 18.3 Å². The zero-order valence-electron chi connectivity index (χ0n) is 15.1. The summed E-state index contributed by atoms with van der Waals surface area (Å²) in [5, 5.41) is 0. The van der Waals surface area contributed by atoms with E-state index in [1.54, 1.807) is 24.3 Å². The molecule has 0 saturated carbocycles. The zero-order chi connectivity index (χ0) is 16.6. The lowest BCUT2D eigenvalue weighted by Gasteiger charge is -2.07. The highest BCUT2D eigenvalue weighted by Crippen LogP contribution is 2.21. The van der Waals surface area contributed by atoms with Gasteiger partial charge in [0.1, 0.15) is 0 Å². The Morgan fingerprint density at radius 3 is 2.73 bits per heavy atom. The number of nitrogens with zero attached hydrogens (tertiary/aromatic N) is 1. The third-order valence-corrected chi connectivity index (χ3v) is 2.12. The van der Waals surface area contributed by atoms with E-state index in [0.29, 0.717) is 5.69 Å². The Labute approximate surface area is 101 Å². The standard InChI is InChI=1S/C14H15N/c1-11(2)13-8-9-15-14(10-13)12-6-4-3-5-7-12/h3-11H,1-2H3/i1D3,2D3,11D. The van der Waals surface area contributed by atoms with Crippen LogP contribution in [0.1, 0.15) is 34.8 Å². The first-order chi connectivity index (χ1) is 10.1. The second-order valence-electron chi connectivity index (χ2n) is 3.17. The molecule has 0 N–H and O–H groups in total. The highest BCUT2D eigenvalue weighted by Gasteiger charge is 2.02. The molecule has 0 amide bonds. The van der Waals surface area contributed by atoms with Crippen molar-refractivity contribution in [3.05, 3.63) is 54.2 Å². The molecule has 2 rings (SSSR count). The summed E-state index contributed by atoms with van der Waals surface area (Å²) in [6, 6.07) is 11.6. The Bertz CT molecular complexity index is 632. The van der Waals surface area contributed by atoms with Crippen molar-refractivity contribution in [2.45, 2.75) is 19.6 Å². The maximum atomic E-state index is 8.17. The molecule has 0 unspecified atom stereocenters. The largest absolute Gasteiger partial charge is 0.256 e. The Hall–Kier alpha value is -1.63. The van der Waals surface area contributed by atoms with E-state index in [9.17, 15) is 0 Å². The van der Waals surface area contributed by atoms with Crippen molar-refractivity contribution in [3.63, 3.8) is 0 Å². The van der Waals surface area contributed by atoms with Crippen LogP contribution in [0.2, 0.25) is 0 Å². The number of rotatable bonds is 2. The van der Waals surface area contributed by atoms with Crippen molar-refractivity contribution >= 4 is 0 Å². The monoisotopic (exact) mass is 204 g/mol. The first kappa shape index (κ1) is 4.48. The van der Waals surface area contributed by atoms with Crippen LogP contribution in [0.5, 0.6) is 0 Å².